The van der Waals surface area contributed by atoms with Gasteiger partial charge in [-0.05, 0) is 43.2 Å². The first-order valence-electron chi connectivity index (χ1n) is 9.24. The zero-order chi connectivity index (χ0) is 19.7. The summed E-state index contributed by atoms with van der Waals surface area (Å²) in [6.07, 6.45) is 0.922. The number of benzene rings is 2. The SMILES string of the molecule is Cc1cc(=O)oc2cc(OCC(=O)N3CCC(C)Sc4ccccc43)ccc12. The maximum absolute atomic E-state index is 12.9. The van der Waals surface area contributed by atoms with Crippen molar-refractivity contribution < 1.29 is 13.9 Å². The van der Waals surface area contributed by atoms with Crippen molar-refractivity contribution in [3.63, 3.8) is 0 Å². The largest absolute Gasteiger partial charge is 0.484 e. The maximum Gasteiger partial charge on any atom is 0.336 e. The summed E-state index contributed by atoms with van der Waals surface area (Å²) in [4.78, 5) is 27.4. The Labute approximate surface area is 167 Å². The Morgan fingerprint density at radius 3 is 2.93 bits per heavy atom. The highest BCUT2D eigenvalue weighted by Crippen LogP contribution is 2.37. The third kappa shape index (κ3) is 3.78. The Morgan fingerprint density at radius 1 is 1.25 bits per heavy atom. The van der Waals surface area contributed by atoms with Gasteiger partial charge in [0.25, 0.3) is 5.91 Å². The summed E-state index contributed by atoms with van der Waals surface area (Å²) in [5.74, 6) is 0.411. The Bertz CT molecular complexity index is 1090. The summed E-state index contributed by atoms with van der Waals surface area (Å²) >= 11 is 1.80. The number of nitrogens with zero attached hydrogens (tertiary/aromatic N) is 1. The molecule has 0 fully saturated rings. The van der Waals surface area contributed by atoms with E-state index in [-0.39, 0.29) is 12.5 Å². The van der Waals surface area contributed by atoms with Gasteiger partial charge in [0.05, 0.1) is 5.69 Å². The second-order valence-corrected chi connectivity index (χ2v) is 8.41. The van der Waals surface area contributed by atoms with Crippen LogP contribution in [-0.2, 0) is 4.79 Å². The van der Waals surface area contributed by atoms with Gasteiger partial charge in [-0.25, -0.2) is 4.79 Å². The normalized spacial score (nSPS) is 16.5. The van der Waals surface area contributed by atoms with E-state index >= 15 is 0 Å². The number of thioether (sulfide) groups is 1. The number of amides is 1. The zero-order valence-corrected chi connectivity index (χ0v) is 16.6. The van der Waals surface area contributed by atoms with Gasteiger partial charge in [-0.3, -0.25) is 4.79 Å². The van der Waals surface area contributed by atoms with Crippen LogP contribution in [0.2, 0.25) is 0 Å². The van der Waals surface area contributed by atoms with Gasteiger partial charge in [-0.1, -0.05) is 19.1 Å². The Morgan fingerprint density at radius 2 is 2.07 bits per heavy atom. The number of rotatable bonds is 3. The lowest BCUT2D eigenvalue weighted by atomic mass is 10.1. The molecule has 6 heteroatoms. The van der Waals surface area contributed by atoms with E-state index in [1.807, 2.05) is 31.2 Å². The van der Waals surface area contributed by atoms with Crippen LogP contribution in [0.1, 0.15) is 18.9 Å². The molecule has 0 radical (unpaired) electrons. The first kappa shape index (κ1) is 18.6. The third-order valence-corrected chi connectivity index (χ3v) is 6.07. The number of anilines is 1. The summed E-state index contributed by atoms with van der Waals surface area (Å²) in [7, 11) is 0. The van der Waals surface area contributed by atoms with Crippen LogP contribution >= 0.6 is 11.8 Å². The lowest BCUT2D eigenvalue weighted by Crippen LogP contribution is -2.36. The lowest BCUT2D eigenvalue weighted by molar-refractivity contribution is -0.120. The molecule has 1 amide bonds. The summed E-state index contributed by atoms with van der Waals surface area (Å²) < 4.78 is 11.0. The Hall–Kier alpha value is -2.73. The fourth-order valence-corrected chi connectivity index (χ4v) is 4.48. The molecule has 0 saturated carbocycles. The topological polar surface area (TPSA) is 59.8 Å². The van der Waals surface area contributed by atoms with E-state index in [4.69, 9.17) is 9.15 Å². The molecule has 2 aromatic carbocycles. The molecule has 0 spiro atoms. The average Bonchev–Trinajstić information content (AvgIpc) is 2.84. The highest BCUT2D eigenvalue weighted by Gasteiger charge is 2.24. The standard InChI is InChI=1S/C22H21NO4S/c1-14-11-22(25)27-19-12-16(7-8-17(14)19)26-13-21(24)23-10-9-15(2)28-20-6-4-3-5-18(20)23/h3-8,11-12,15H,9-10,13H2,1-2H3. The van der Waals surface area contributed by atoms with Gasteiger partial charge < -0.3 is 14.1 Å². The van der Waals surface area contributed by atoms with Gasteiger partial charge in [-0.2, -0.15) is 0 Å². The molecule has 3 aromatic rings. The number of ether oxygens (including phenoxy) is 1. The molecule has 1 aliphatic heterocycles. The van der Waals surface area contributed by atoms with Crippen LogP contribution in [0.25, 0.3) is 11.0 Å². The minimum Gasteiger partial charge on any atom is -0.484 e. The van der Waals surface area contributed by atoms with E-state index in [0.717, 1.165) is 28.0 Å². The summed E-state index contributed by atoms with van der Waals surface area (Å²) in [5.41, 5.74) is 1.85. The van der Waals surface area contributed by atoms with Crippen LogP contribution in [0.3, 0.4) is 0 Å². The van der Waals surface area contributed by atoms with Crippen LogP contribution in [-0.4, -0.2) is 24.3 Å². The molecule has 144 valence electrons. The van der Waals surface area contributed by atoms with Gasteiger partial charge in [0, 0.05) is 34.2 Å². The Kier molecular flexibility index (Phi) is 5.13. The molecule has 4 rings (SSSR count). The van der Waals surface area contributed by atoms with E-state index < -0.39 is 5.63 Å². The van der Waals surface area contributed by atoms with Crippen molar-refractivity contribution in [1.82, 2.24) is 0 Å². The van der Waals surface area contributed by atoms with E-state index in [1.54, 1.807) is 28.8 Å². The Balaban J connectivity index is 1.53. The number of aryl methyl sites for hydroxylation is 1. The fraction of sp³-hybridized carbons (Fsp3) is 0.273. The van der Waals surface area contributed by atoms with Gasteiger partial charge in [0.15, 0.2) is 6.61 Å². The van der Waals surface area contributed by atoms with Crippen LogP contribution in [0.5, 0.6) is 5.75 Å². The smallest absolute Gasteiger partial charge is 0.336 e. The first-order valence-corrected chi connectivity index (χ1v) is 10.1. The van der Waals surface area contributed by atoms with E-state index in [0.29, 0.717) is 23.1 Å². The van der Waals surface area contributed by atoms with Gasteiger partial charge in [-0.15, -0.1) is 11.8 Å². The molecule has 5 nitrogen and oxygen atoms in total. The predicted molar refractivity (Wildman–Crippen MR) is 111 cm³/mol. The van der Waals surface area contributed by atoms with Crippen molar-refractivity contribution in [3.8, 4) is 5.75 Å². The number of hydrogen-bond donors (Lipinski definition) is 0. The average molecular weight is 395 g/mol. The van der Waals surface area contributed by atoms with Crippen molar-refractivity contribution in [2.75, 3.05) is 18.1 Å². The van der Waals surface area contributed by atoms with E-state index in [2.05, 4.69) is 13.0 Å². The monoisotopic (exact) mass is 395 g/mol. The number of fused-ring (bicyclic) bond motifs is 2. The van der Waals surface area contributed by atoms with Gasteiger partial charge >= 0.3 is 5.63 Å². The minimum absolute atomic E-state index is 0.0745. The third-order valence-electron chi connectivity index (χ3n) is 4.83. The first-order chi connectivity index (χ1) is 13.5. The number of carbonyl (C=O) groups excluding carboxylic acids is 1. The van der Waals surface area contributed by atoms with Gasteiger partial charge in [0.2, 0.25) is 0 Å². The highest BCUT2D eigenvalue weighted by atomic mass is 32.2. The summed E-state index contributed by atoms with van der Waals surface area (Å²) in [6, 6.07) is 14.7. The molecule has 1 atom stereocenters. The van der Waals surface area contributed by atoms with Crippen molar-refractivity contribution in [1.29, 1.82) is 0 Å². The second-order valence-electron chi connectivity index (χ2n) is 6.93. The summed E-state index contributed by atoms with van der Waals surface area (Å²) in [6.45, 7) is 4.63. The molecule has 1 unspecified atom stereocenters. The van der Waals surface area contributed by atoms with Crippen LogP contribution < -0.4 is 15.3 Å². The van der Waals surface area contributed by atoms with E-state index in [1.165, 1.54) is 6.07 Å². The van der Waals surface area contributed by atoms with Crippen molar-refractivity contribution in [2.24, 2.45) is 0 Å². The molecule has 2 heterocycles. The zero-order valence-electron chi connectivity index (χ0n) is 15.8. The fourth-order valence-electron chi connectivity index (χ4n) is 3.36. The van der Waals surface area contributed by atoms with Crippen LogP contribution in [0.4, 0.5) is 5.69 Å². The number of hydrogen-bond acceptors (Lipinski definition) is 5. The molecule has 28 heavy (non-hydrogen) atoms. The quantitative estimate of drug-likeness (QED) is 0.615. The van der Waals surface area contributed by atoms with Crippen LogP contribution in [0.15, 0.2) is 62.6 Å². The van der Waals surface area contributed by atoms with Crippen molar-refractivity contribution >= 4 is 34.3 Å². The molecular formula is C22H21NO4S. The highest BCUT2D eigenvalue weighted by molar-refractivity contribution is 8.00. The maximum atomic E-state index is 12.9. The molecule has 0 saturated heterocycles. The number of carbonyl (C=O) groups is 1. The van der Waals surface area contributed by atoms with Crippen molar-refractivity contribution in [3.05, 3.63) is 64.5 Å². The van der Waals surface area contributed by atoms with Crippen LogP contribution in [0, 0.1) is 6.92 Å². The molecule has 0 N–H and O–H groups in total. The van der Waals surface area contributed by atoms with Crippen molar-refractivity contribution in [2.45, 2.75) is 30.4 Å². The lowest BCUT2D eigenvalue weighted by Gasteiger charge is -2.22. The summed E-state index contributed by atoms with van der Waals surface area (Å²) in [5, 5.41) is 1.30. The molecular weight excluding hydrogens is 374 g/mol. The molecule has 1 aliphatic rings. The number of para-hydroxylation sites is 1. The molecule has 0 aliphatic carbocycles. The second kappa shape index (κ2) is 7.72. The van der Waals surface area contributed by atoms with E-state index in [9.17, 15) is 9.59 Å². The predicted octanol–water partition coefficient (Wildman–Crippen LogP) is 4.40. The molecule has 1 aromatic heterocycles. The molecule has 0 bridgehead atoms. The minimum atomic E-state index is -0.397. The van der Waals surface area contributed by atoms with Gasteiger partial charge in [0.1, 0.15) is 11.3 Å².